The molecule has 1 saturated carbocycles. The Labute approximate surface area is 123 Å². The minimum Gasteiger partial charge on any atom is -0.353 e. The third-order valence-electron chi connectivity index (χ3n) is 3.81. The predicted molar refractivity (Wildman–Crippen MR) is 77.7 cm³/mol. The normalized spacial score (nSPS) is 22.8. The highest BCUT2D eigenvalue weighted by molar-refractivity contribution is 7.99. The summed E-state index contributed by atoms with van der Waals surface area (Å²) in [6.45, 7) is 2.07. The van der Waals surface area contributed by atoms with E-state index in [1.165, 1.54) is 18.2 Å². The van der Waals surface area contributed by atoms with Crippen LogP contribution in [0.4, 0.5) is 0 Å². The quantitative estimate of drug-likeness (QED) is 0.781. The van der Waals surface area contributed by atoms with Crippen LogP contribution in [0.15, 0.2) is 5.16 Å². The average molecular weight is 295 g/mol. The highest BCUT2D eigenvalue weighted by Gasteiger charge is 2.24. The zero-order valence-corrected chi connectivity index (χ0v) is 12.6. The second kappa shape index (κ2) is 6.13. The van der Waals surface area contributed by atoms with E-state index in [2.05, 4.69) is 20.8 Å². The minimum atomic E-state index is 0.0985. The lowest BCUT2D eigenvalue weighted by atomic mass is 9.99. The number of amides is 1. The van der Waals surface area contributed by atoms with Gasteiger partial charge in [-0.05, 0) is 32.2 Å². The lowest BCUT2D eigenvalue weighted by Gasteiger charge is -2.21. The van der Waals surface area contributed by atoms with Gasteiger partial charge in [0.2, 0.25) is 5.91 Å². The maximum atomic E-state index is 11.7. The fraction of sp³-hybridized carbons (Fsp3) is 0.769. The molecule has 1 aliphatic heterocycles. The number of nitrogens with zero attached hydrogens (tertiary/aromatic N) is 3. The third kappa shape index (κ3) is 3.32. The summed E-state index contributed by atoms with van der Waals surface area (Å²) in [7, 11) is 1.99. The van der Waals surface area contributed by atoms with Crippen molar-refractivity contribution >= 4 is 17.7 Å². The molecule has 3 rings (SSSR count). The lowest BCUT2D eigenvalue weighted by Crippen LogP contribution is -2.30. The van der Waals surface area contributed by atoms with Gasteiger partial charge < -0.3 is 15.2 Å². The van der Waals surface area contributed by atoms with E-state index >= 15 is 0 Å². The van der Waals surface area contributed by atoms with Crippen LogP contribution in [0.3, 0.4) is 0 Å². The molecule has 1 amide bonds. The van der Waals surface area contributed by atoms with E-state index in [0.717, 1.165) is 43.3 Å². The molecule has 1 aromatic heterocycles. The molecule has 1 atom stereocenters. The van der Waals surface area contributed by atoms with Gasteiger partial charge in [0.25, 0.3) is 0 Å². The molecule has 0 spiro atoms. The highest BCUT2D eigenvalue weighted by atomic mass is 32.2. The van der Waals surface area contributed by atoms with Crippen LogP contribution < -0.4 is 10.6 Å². The van der Waals surface area contributed by atoms with Crippen molar-refractivity contribution in [3.05, 3.63) is 5.82 Å². The highest BCUT2D eigenvalue weighted by Crippen LogP contribution is 2.25. The maximum absolute atomic E-state index is 11.7. The largest absolute Gasteiger partial charge is 0.353 e. The molecule has 1 aromatic rings. The van der Waals surface area contributed by atoms with Gasteiger partial charge in [0.1, 0.15) is 5.82 Å². The summed E-state index contributed by atoms with van der Waals surface area (Å²) in [6, 6.07) is 0.423. The van der Waals surface area contributed by atoms with E-state index < -0.39 is 0 Å². The van der Waals surface area contributed by atoms with Crippen LogP contribution >= 0.6 is 11.8 Å². The fourth-order valence-electron chi connectivity index (χ4n) is 2.51. The summed E-state index contributed by atoms with van der Waals surface area (Å²) in [4.78, 5) is 11.7. The number of thioether (sulfide) groups is 1. The van der Waals surface area contributed by atoms with Crippen molar-refractivity contribution in [3.8, 4) is 0 Å². The standard InChI is InChI=1S/C13H21N5OS/c1-18-12(9-3-2-6-14-7-9)16-17-13(18)20-8-11(19)15-10-4-5-10/h9-10,14H,2-8H2,1H3,(H,15,19)/t9-/m1/s1. The van der Waals surface area contributed by atoms with E-state index in [9.17, 15) is 4.79 Å². The molecular formula is C13H21N5OS. The second-order valence-electron chi connectivity index (χ2n) is 5.57. The van der Waals surface area contributed by atoms with Crippen molar-refractivity contribution in [3.63, 3.8) is 0 Å². The number of rotatable bonds is 5. The van der Waals surface area contributed by atoms with E-state index in [4.69, 9.17) is 0 Å². The first-order valence-corrected chi connectivity index (χ1v) is 8.25. The fourth-order valence-corrected chi connectivity index (χ4v) is 3.24. The summed E-state index contributed by atoms with van der Waals surface area (Å²) < 4.78 is 2.03. The molecule has 0 radical (unpaired) electrons. The van der Waals surface area contributed by atoms with E-state index in [0.29, 0.717) is 17.7 Å². The SMILES string of the molecule is Cn1c(SCC(=O)NC2CC2)nnc1[C@@H]1CCCNC1. The Kier molecular flexibility index (Phi) is 4.26. The molecule has 0 aromatic carbocycles. The summed E-state index contributed by atoms with van der Waals surface area (Å²) in [5, 5.41) is 15.8. The number of carbonyl (C=O) groups is 1. The molecule has 2 heterocycles. The van der Waals surface area contributed by atoms with Crippen LogP contribution in [0.5, 0.6) is 0 Å². The van der Waals surface area contributed by atoms with Gasteiger partial charge in [-0.3, -0.25) is 4.79 Å². The molecule has 1 aliphatic carbocycles. The van der Waals surface area contributed by atoms with Crippen LogP contribution in [0.25, 0.3) is 0 Å². The molecule has 0 unspecified atom stereocenters. The molecule has 110 valence electrons. The Bertz CT molecular complexity index is 479. The smallest absolute Gasteiger partial charge is 0.230 e. The lowest BCUT2D eigenvalue weighted by molar-refractivity contribution is -0.118. The topological polar surface area (TPSA) is 71.8 Å². The molecule has 6 nitrogen and oxygen atoms in total. The summed E-state index contributed by atoms with van der Waals surface area (Å²) in [5.41, 5.74) is 0. The Morgan fingerprint density at radius 3 is 3.00 bits per heavy atom. The average Bonchev–Trinajstić information content (AvgIpc) is 3.19. The first kappa shape index (κ1) is 13.9. The minimum absolute atomic E-state index is 0.0985. The molecule has 2 aliphatic rings. The van der Waals surface area contributed by atoms with Crippen molar-refractivity contribution in [1.82, 2.24) is 25.4 Å². The maximum Gasteiger partial charge on any atom is 0.230 e. The van der Waals surface area contributed by atoms with E-state index in [1.54, 1.807) is 0 Å². The van der Waals surface area contributed by atoms with Crippen molar-refractivity contribution in [2.24, 2.45) is 7.05 Å². The van der Waals surface area contributed by atoms with Crippen molar-refractivity contribution in [2.75, 3.05) is 18.8 Å². The van der Waals surface area contributed by atoms with Gasteiger partial charge in [0, 0.05) is 25.6 Å². The molecule has 20 heavy (non-hydrogen) atoms. The molecule has 0 bridgehead atoms. The number of carbonyl (C=O) groups excluding carboxylic acids is 1. The Balaban J connectivity index is 1.56. The first-order valence-electron chi connectivity index (χ1n) is 7.26. The molecule has 7 heteroatoms. The zero-order chi connectivity index (χ0) is 13.9. The third-order valence-corrected chi connectivity index (χ3v) is 4.83. The summed E-state index contributed by atoms with van der Waals surface area (Å²) in [6.07, 6.45) is 4.59. The van der Waals surface area contributed by atoms with Gasteiger partial charge in [-0.2, -0.15) is 0 Å². The monoisotopic (exact) mass is 295 g/mol. The summed E-state index contributed by atoms with van der Waals surface area (Å²) >= 11 is 1.47. The van der Waals surface area contributed by atoms with Crippen molar-refractivity contribution in [1.29, 1.82) is 0 Å². The molecular weight excluding hydrogens is 274 g/mol. The first-order chi connectivity index (χ1) is 9.74. The molecule has 2 N–H and O–H groups in total. The van der Waals surface area contributed by atoms with Gasteiger partial charge >= 0.3 is 0 Å². The van der Waals surface area contributed by atoms with E-state index in [1.807, 2.05) is 11.6 Å². The van der Waals surface area contributed by atoms with Crippen LogP contribution in [0, 0.1) is 0 Å². The Morgan fingerprint density at radius 1 is 1.45 bits per heavy atom. The van der Waals surface area contributed by atoms with Crippen molar-refractivity contribution < 1.29 is 4.79 Å². The second-order valence-corrected chi connectivity index (χ2v) is 6.52. The van der Waals surface area contributed by atoms with Gasteiger partial charge in [-0.15, -0.1) is 10.2 Å². The Hall–Kier alpha value is -1.08. The molecule has 2 fully saturated rings. The van der Waals surface area contributed by atoms with Crippen LogP contribution in [0.1, 0.15) is 37.4 Å². The van der Waals surface area contributed by atoms with Crippen LogP contribution in [-0.4, -0.2) is 45.6 Å². The number of piperidine rings is 1. The van der Waals surface area contributed by atoms with Gasteiger partial charge in [0.15, 0.2) is 5.16 Å². The summed E-state index contributed by atoms with van der Waals surface area (Å²) in [5.74, 6) is 1.99. The van der Waals surface area contributed by atoms with Crippen molar-refractivity contribution in [2.45, 2.75) is 42.8 Å². The number of nitrogens with one attached hydrogen (secondary N) is 2. The Morgan fingerprint density at radius 2 is 2.30 bits per heavy atom. The van der Waals surface area contributed by atoms with E-state index in [-0.39, 0.29) is 5.91 Å². The van der Waals surface area contributed by atoms with Gasteiger partial charge in [-0.1, -0.05) is 11.8 Å². The number of hydrogen-bond donors (Lipinski definition) is 2. The predicted octanol–water partition coefficient (Wildman–Crippen LogP) is 0.653. The molecule has 1 saturated heterocycles. The number of aromatic nitrogens is 3. The number of hydrogen-bond acceptors (Lipinski definition) is 5. The zero-order valence-electron chi connectivity index (χ0n) is 11.8. The van der Waals surface area contributed by atoms with Crippen LogP contribution in [-0.2, 0) is 11.8 Å². The van der Waals surface area contributed by atoms with Gasteiger partial charge in [0.05, 0.1) is 5.75 Å². The van der Waals surface area contributed by atoms with Crippen LogP contribution in [0.2, 0.25) is 0 Å². The van der Waals surface area contributed by atoms with Gasteiger partial charge in [-0.25, -0.2) is 0 Å².